The molecule has 0 aromatic heterocycles. The second-order valence-electron chi connectivity index (χ2n) is 3.15. The van der Waals surface area contributed by atoms with Gasteiger partial charge in [0.25, 0.3) is 0 Å². The van der Waals surface area contributed by atoms with Crippen LogP contribution in [-0.4, -0.2) is 11.1 Å². The Labute approximate surface area is 66.9 Å². The van der Waals surface area contributed by atoms with Crippen LogP contribution in [0.2, 0.25) is 0 Å². The lowest BCUT2D eigenvalue weighted by molar-refractivity contribution is -0.140. The molecule has 1 rings (SSSR count). The minimum atomic E-state index is -0.697. The van der Waals surface area contributed by atoms with Gasteiger partial charge in [-0.3, -0.25) is 4.79 Å². The Morgan fingerprint density at radius 1 is 1.45 bits per heavy atom. The van der Waals surface area contributed by atoms with Gasteiger partial charge in [0.05, 0.1) is 5.92 Å². The van der Waals surface area contributed by atoms with Gasteiger partial charge in [0.2, 0.25) is 0 Å². The molecule has 0 radical (unpaired) electrons. The smallest absolute Gasteiger partial charge is 0.310 e. The number of carboxylic acids is 1. The van der Waals surface area contributed by atoms with Crippen molar-refractivity contribution in [2.24, 2.45) is 5.92 Å². The monoisotopic (exact) mass is 154 g/mol. The molecule has 0 aliphatic heterocycles. The lowest BCUT2D eigenvalue weighted by atomic mass is 9.96. The Morgan fingerprint density at radius 2 is 2.18 bits per heavy atom. The molecule has 11 heavy (non-hydrogen) atoms. The molecule has 0 heterocycles. The van der Waals surface area contributed by atoms with Gasteiger partial charge in [-0.15, -0.1) is 0 Å². The third-order valence-electron chi connectivity index (χ3n) is 2.28. The van der Waals surface area contributed by atoms with Gasteiger partial charge in [0.1, 0.15) is 0 Å². The van der Waals surface area contributed by atoms with Crippen LogP contribution in [0, 0.1) is 5.92 Å². The molecule has 1 aliphatic carbocycles. The van der Waals surface area contributed by atoms with E-state index in [-0.39, 0.29) is 5.92 Å². The van der Waals surface area contributed by atoms with E-state index in [4.69, 9.17) is 5.11 Å². The number of hydrogen-bond acceptors (Lipinski definition) is 1. The molecule has 0 aromatic carbocycles. The summed E-state index contributed by atoms with van der Waals surface area (Å²) in [6, 6.07) is 0. The lowest BCUT2D eigenvalue weighted by Gasteiger charge is -2.09. The van der Waals surface area contributed by atoms with Crippen LogP contribution >= 0.6 is 0 Å². The van der Waals surface area contributed by atoms with E-state index in [0.717, 1.165) is 37.7 Å². The van der Waals surface area contributed by atoms with Gasteiger partial charge >= 0.3 is 5.97 Å². The topological polar surface area (TPSA) is 37.3 Å². The standard InChI is InChI=1S/C9H14O2/c1-7-5-3-2-4-6-8(7)9(10)11/h8H,1-6H2,(H,10,11). The first-order chi connectivity index (χ1) is 5.22. The van der Waals surface area contributed by atoms with Crippen molar-refractivity contribution in [3.8, 4) is 0 Å². The van der Waals surface area contributed by atoms with Crippen LogP contribution in [0.4, 0.5) is 0 Å². The Hall–Kier alpha value is -0.790. The molecule has 1 aliphatic rings. The molecule has 0 amide bonds. The molecule has 0 bridgehead atoms. The number of rotatable bonds is 1. The number of hydrogen-bond donors (Lipinski definition) is 1. The van der Waals surface area contributed by atoms with Crippen molar-refractivity contribution in [1.29, 1.82) is 0 Å². The second-order valence-corrected chi connectivity index (χ2v) is 3.15. The molecule has 1 unspecified atom stereocenters. The summed E-state index contributed by atoms with van der Waals surface area (Å²) in [6.07, 6.45) is 4.99. The van der Waals surface area contributed by atoms with Crippen LogP contribution in [0.15, 0.2) is 12.2 Å². The summed E-state index contributed by atoms with van der Waals surface area (Å²) in [5.74, 6) is -0.964. The molecule has 1 N–H and O–H groups in total. The maximum Gasteiger partial charge on any atom is 0.310 e. The van der Waals surface area contributed by atoms with Gasteiger partial charge in [-0.25, -0.2) is 0 Å². The van der Waals surface area contributed by atoms with Crippen LogP contribution in [0.25, 0.3) is 0 Å². The number of aliphatic carboxylic acids is 1. The minimum Gasteiger partial charge on any atom is -0.481 e. The van der Waals surface area contributed by atoms with Crippen molar-refractivity contribution < 1.29 is 9.90 Å². The van der Waals surface area contributed by atoms with Crippen molar-refractivity contribution in [2.75, 3.05) is 0 Å². The van der Waals surface area contributed by atoms with Gasteiger partial charge < -0.3 is 5.11 Å². The highest BCUT2D eigenvalue weighted by atomic mass is 16.4. The maximum atomic E-state index is 10.7. The Bertz CT molecular complexity index is 172. The first-order valence-electron chi connectivity index (χ1n) is 4.12. The third kappa shape index (κ3) is 2.07. The van der Waals surface area contributed by atoms with Crippen molar-refractivity contribution >= 4 is 5.97 Å². The molecule has 2 nitrogen and oxygen atoms in total. The summed E-state index contributed by atoms with van der Waals surface area (Å²) in [5.41, 5.74) is 0.912. The normalized spacial score (nSPS) is 26.2. The zero-order valence-corrected chi connectivity index (χ0v) is 6.68. The van der Waals surface area contributed by atoms with Crippen molar-refractivity contribution in [1.82, 2.24) is 0 Å². The van der Waals surface area contributed by atoms with E-state index < -0.39 is 5.97 Å². The maximum absolute atomic E-state index is 10.7. The Morgan fingerprint density at radius 3 is 2.82 bits per heavy atom. The summed E-state index contributed by atoms with van der Waals surface area (Å²) in [6.45, 7) is 3.80. The summed E-state index contributed by atoms with van der Waals surface area (Å²) in [4.78, 5) is 10.7. The first-order valence-corrected chi connectivity index (χ1v) is 4.12. The zero-order chi connectivity index (χ0) is 8.27. The summed E-state index contributed by atoms with van der Waals surface area (Å²) < 4.78 is 0. The fourth-order valence-electron chi connectivity index (χ4n) is 1.55. The van der Waals surface area contributed by atoms with Gasteiger partial charge in [0.15, 0.2) is 0 Å². The van der Waals surface area contributed by atoms with Crippen LogP contribution in [0.5, 0.6) is 0 Å². The average Bonchev–Trinajstić information content (AvgIpc) is 2.13. The molecule has 0 aromatic rings. The van der Waals surface area contributed by atoms with Gasteiger partial charge in [-0.05, 0) is 19.3 Å². The summed E-state index contributed by atoms with van der Waals surface area (Å²) in [7, 11) is 0. The summed E-state index contributed by atoms with van der Waals surface area (Å²) >= 11 is 0. The predicted octanol–water partition coefficient (Wildman–Crippen LogP) is 2.21. The molecule has 0 spiro atoms. The molecule has 1 saturated carbocycles. The molecule has 2 heteroatoms. The van der Waals surface area contributed by atoms with E-state index in [2.05, 4.69) is 6.58 Å². The highest BCUT2D eigenvalue weighted by Crippen LogP contribution is 2.26. The van der Waals surface area contributed by atoms with Gasteiger partial charge in [0, 0.05) is 0 Å². The van der Waals surface area contributed by atoms with E-state index in [1.165, 1.54) is 0 Å². The fraction of sp³-hybridized carbons (Fsp3) is 0.667. The van der Waals surface area contributed by atoms with Crippen LogP contribution in [-0.2, 0) is 4.79 Å². The largest absolute Gasteiger partial charge is 0.481 e. The van der Waals surface area contributed by atoms with E-state index in [9.17, 15) is 4.79 Å². The Balaban J connectivity index is 2.59. The van der Waals surface area contributed by atoms with E-state index in [1.54, 1.807) is 0 Å². The molecule has 62 valence electrons. The second kappa shape index (κ2) is 3.56. The first kappa shape index (κ1) is 8.31. The number of carbonyl (C=O) groups is 1. The lowest BCUT2D eigenvalue weighted by Crippen LogP contribution is -2.14. The highest BCUT2D eigenvalue weighted by Gasteiger charge is 2.21. The molecule has 1 fully saturated rings. The zero-order valence-electron chi connectivity index (χ0n) is 6.68. The SMILES string of the molecule is C=C1CCCCCC1C(=O)O. The van der Waals surface area contributed by atoms with Crippen molar-refractivity contribution in [2.45, 2.75) is 32.1 Å². The van der Waals surface area contributed by atoms with Crippen LogP contribution in [0.3, 0.4) is 0 Å². The average molecular weight is 154 g/mol. The minimum absolute atomic E-state index is 0.266. The predicted molar refractivity (Wildman–Crippen MR) is 43.4 cm³/mol. The Kier molecular flexibility index (Phi) is 2.69. The van der Waals surface area contributed by atoms with Crippen LogP contribution < -0.4 is 0 Å². The van der Waals surface area contributed by atoms with Crippen LogP contribution in [0.1, 0.15) is 32.1 Å². The molecule has 1 atom stereocenters. The van der Waals surface area contributed by atoms with Crippen molar-refractivity contribution in [3.05, 3.63) is 12.2 Å². The van der Waals surface area contributed by atoms with Gasteiger partial charge in [-0.2, -0.15) is 0 Å². The van der Waals surface area contributed by atoms with Crippen molar-refractivity contribution in [3.63, 3.8) is 0 Å². The third-order valence-corrected chi connectivity index (χ3v) is 2.28. The molecule has 0 saturated heterocycles. The fourth-order valence-corrected chi connectivity index (χ4v) is 1.55. The number of carboxylic acid groups (broad SMARTS) is 1. The molecular formula is C9H14O2. The van der Waals surface area contributed by atoms with E-state index in [1.807, 2.05) is 0 Å². The highest BCUT2D eigenvalue weighted by molar-refractivity contribution is 5.73. The van der Waals surface area contributed by atoms with E-state index >= 15 is 0 Å². The van der Waals surface area contributed by atoms with Gasteiger partial charge in [-0.1, -0.05) is 25.0 Å². The van der Waals surface area contributed by atoms with E-state index in [0.29, 0.717) is 0 Å². The molecular weight excluding hydrogens is 140 g/mol. The quantitative estimate of drug-likeness (QED) is 0.464. The summed E-state index contributed by atoms with van der Waals surface area (Å²) in [5, 5.41) is 8.77.